The van der Waals surface area contributed by atoms with Crippen molar-refractivity contribution < 1.29 is 9.53 Å². The molecular weight excluding hydrogens is 469 g/mol. The van der Waals surface area contributed by atoms with Crippen molar-refractivity contribution in [1.29, 1.82) is 0 Å². The van der Waals surface area contributed by atoms with Crippen LogP contribution in [0, 0.1) is 0 Å². The summed E-state index contributed by atoms with van der Waals surface area (Å²) in [4.78, 5) is 21.2. The number of hydrogen-bond donors (Lipinski definition) is 2. The summed E-state index contributed by atoms with van der Waals surface area (Å²) >= 11 is 0. The van der Waals surface area contributed by atoms with Gasteiger partial charge in [-0.1, -0.05) is 6.42 Å². The summed E-state index contributed by atoms with van der Waals surface area (Å²) in [5.41, 5.74) is 0. The molecular formula is C20H40IN5O2. The predicted molar refractivity (Wildman–Crippen MR) is 126 cm³/mol. The van der Waals surface area contributed by atoms with Gasteiger partial charge in [-0.3, -0.25) is 14.7 Å². The van der Waals surface area contributed by atoms with Crippen LogP contribution in [0.15, 0.2) is 4.99 Å². The fraction of sp³-hybridized carbons (Fsp3) is 0.900. The third kappa shape index (κ3) is 10.8. The molecule has 0 aromatic rings. The van der Waals surface area contributed by atoms with E-state index in [0.29, 0.717) is 5.91 Å². The zero-order valence-electron chi connectivity index (χ0n) is 17.6. The van der Waals surface area contributed by atoms with Gasteiger partial charge in [0.1, 0.15) is 0 Å². The summed E-state index contributed by atoms with van der Waals surface area (Å²) in [6.45, 7) is 11.4. The van der Waals surface area contributed by atoms with Crippen LogP contribution in [0.3, 0.4) is 0 Å². The standard InChI is InChI=1S/C20H39N5O2.HI/c1-2-21-20(22-10-5-7-12-24-15-17-27-18-16-24)23-11-8-14-25-13-6-3-4-9-19(25)26;/h2-18H2,1H3,(H2,21,22,23);1H. The van der Waals surface area contributed by atoms with Gasteiger partial charge in [-0.05, 0) is 45.6 Å². The van der Waals surface area contributed by atoms with E-state index in [1.54, 1.807) is 0 Å². The second-order valence-electron chi connectivity index (χ2n) is 7.39. The molecule has 0 aliphatic carbocycles. The number of rotatable bonds is 10. The van der Waals surface area contributed by atoms with Gasteiger partial charge in [-0.2, -0.15) is 0 Å². The van der Waals surface area contributed by atoms with Crippen LogP contribution in [0.25, 0.3) is 0 Å². The van der Waals surface area contributed by atoms with Crippen LogP contribution < -0.4 is 10.6 Å². The first-order chi connectivity index (χ1) is 13.3. The number of hydrogen-bond acceptors (Lipinski definition) is 4. The number of halogens is 1. The fourth-order valence-corrected chi connectivity index (χ4v) is 3.56. The molecule has 2 fully saturated rings. The first kappa shape index (κ1) is 25.4. The minimum absolute atomic E-state index is 0. The molecule has 2 rings (SSSR count). The molecule has 2 heterocycles. The van der Waals surface area contributed by atoms with E-state index in [9.17, 15) is 4.79 Å². The number of guanidine groups is 1. The largest absolute Gasteiger partial charge is 0.379 e. The number of likely N-dealkylation sites (tertiary alicyclic amines) is 1. The Morgan fingerprint density at radius 2 is 1.86 bits per heavy atom. The molecule has 0 unspecified atom stereocenters. The number of carbonyl (C=O) groups excluding carboxylic acids is 1. The smallest absolute Gasteiger partial charge is 0.222 e. The van der Waals surface area contributed by atoms with Crippen LogP contribution in [0.5, 0.6) is 0 Å². The number of nitrogens with one attached hydrogen (secondary N) is 2. The number of carbonyl (C=O) groups is 1. The lowest BCUT2D eigenvalue weighted by molar-refractivity contribution is -0.130. The highest BCUT2D eigenvalue weighted by Crippen LogP contribution is 2.11. The minimum Gasteiger partial charge on any atom is -0.379 e. The Hall–Kier alpha value is -0.610. The van der Waals surface area contributed by atoms with Crippen molar-refractivity contribution in [2.75, 3.05) is 65.6 Å². The summed E-state index contributed by atoms with van der Waals surface area (Å²) in [5, 5.41) is 6.74. The second-order valence-corrected chi connectivity index (χ2v) is 7.39. The van der Waals surface area contributed by atoms with E-state index < -0.39 is 0 Å². The number of nitrogens with zero attached hydrogens (tertiary/aromatic N) is 3. The molecule has 2 aliphatic rings. The number of aliphatic imine (C=N–C) groups is 1. The van der Waals surface area contributed by atoms with Gasteiger partial charge < -0.3 is 20.3 Å². The van der Waals surface area contributed by atoms with E-state index >= 15 is 0 Å². The highest BCUT2D eigenvalue weighted by molar-refractivity contribution is 14.0. The van der Waals surface area contributed by atoms with Gasteiger partial charge >= 0.3 is 0 Å². The van der Waals surface area contributed by atoms with Gasteiger partial charge in [0.05, 0.1) is 13.2 Å². The van der Waals surface area contributed by atoms with Crippen molar-refractivity contribution in [1.82, 2.24) is 20.4 Å². The third-order valence-electron chi connectivity index (χ3n) is 5.17. The minimum atomic E-state index is 0. The highest BCUT2D eigenvalue weighted by Gasteiger charge is 2.15. The predicted octanol–water partition coefficient (Wildman–Crippen LogP) is 2.06. The average Bonchev–Trinajstić information content (AvgIpc) is 2.90. The van der Waals surface area contributed by atoms with E-state index in [2.05, 4.69) is 27.4 Å². The number of morpholine rings is 1. The quantitative estimate of drug-likeness (QED) is 0.204. The highest BCUT2D eigenvalue weighted by atomic mass is 127. The number of ether oxygens (including phenoxy) is 1. The molecule has 28 heavy (non-hydrogen) atoms. The first-order valence-corrected chi connectivity index (χ1v) is 10.9. The van der Waals surface area contributed by atoms with E-state index in [1.165, 1.54) is 12.8 Å². The topological polar surface area (TPSA) is 69.2 Å². The molecule has 2 N–H and O–H groups in total. The molecule has 7 nitrogen and oxygen atoms in total. The lowest BCUT2D eigenvalue weighted by Gasteiger charge is -2.26. The Balaban J connectivity index is 0.00000392. The maximum absolute atomic E-state index is 12.0. The van der Waals surface area contributed by atoms with Crippen LogP contribution >= 0.6 is 24.0 Å². The Labute approximate surface area is 188 Å². The molecule has 0 atom stereocenters. The van der Waals surface area contributed by atoms with Crippen LogP contribution in [-0.4, -0.2) is 87.2 Å². The normalized spacial score (nSPS) is 19.1. The maximum Gasteiger partial charge on any atom is 0.222 e. The monoisotopic (exact) mass is 509 g/mol. The second kappa shape index (κ2) is 16.2. The number of amides is 1. The van der Waals surface area contributed by atoms with Crippen molar-refractivity contribution in [3.63, 3.8) is 0 Å². The van der Waals surface area contributed by atoms with Crippen molar-refractivity contribution in [3.05, 3.63) is 0 Å². The molecule has 2 aliphatic heterocycles. The summed E-state index contributed by atoms with van der Waals surface area (Å²) < 4.78 is 5.38. The van der Waals surface area contributed by atoms with Crippen molar-refractivity contribution in [2.24, 2.45) is 4.99 Å². The van der Waals surface area contributed by atoms with Gasteiger partial charge in [-0.25, -0.2) is 0 Å². The van der Waals surface area contributed by atoms with Gasteiger partial charge in [0.25, 0.3) is 0 Å². The Kier molecular flexibility index (Phi) is 14.7. The average molecular weight is 509 g/mol. The van der Waals surface area contributed by atoms with Crippen LogP contribution in [0.4, 0.5) is 0 Å². The Morgan fingerprint density at radius 1 is 1.04 bits per heavy atom. The van der Waals surface area contributed by atoms with Gasteiger partial charge in [-0.15, -0.1) is 24.0 Å². The molecule has 164 valence electrons. The van der Waals surface area contributed by atoms with Gasteiger partial charge in [0.15, 0.2) is 5.96 Å². The zero-order valence-corrected chi connectivity index (χ0v) is 19.9. The lowest BCUT2D eigenvalue weighted by Crippen LogP contribution is -2.39. The van der Waals surface area contributed by atoms with Crippen LogP contribution in [-0.2, 0) is 9.53 Å². The molecule has 0 aromatic carbocycles. The summed E-state index contributed by atoms with van der Waals surface area (Å²) in [6.07, 6.45) is 7.36. The molecule has 0 spiro atoms. The molecule has 2 saturated heterocycles. The van der Waals surface area contributed by atoms with Crippen LogP contribution in [0.1, 0.15) is 51.9 Å². The lowest BCUT2D eigenvalue weighted by atomic mass is 10.2. The number of unbranched alkanes of at least 4 members (excludes halogenated alkanes) is 1. The molecule has 0 radical (unpaired) electrons. The van der Waals surface area contributed by atoms with E-state index in [1.807, 2.05) is 4.90 Å². The third-order valence-corrected chi connectivity index (χ3v) is 5.17. The van der Waals surface area contributed by atoms with E-state index in [4.69, 9.17) is 4.74 Å². The molecule has 0 saturated carbocycles. The molecule has 1 amide bonds. The zero-order chi connectivity index (χ0) is 19.2. The fourth-order valence-electron chi connectivity index (χ4n) is 3.56. The van der Waals surface area contributed by atoms with Gasteiger partial charge in [0, 0.05) is 52.2 Å². The molecule has 0 bridgehead atoms. The first-order valence-electron chi connectivity index (χ1n) is 10.9. The van der Waals surface area contributed by atoms with E-state index in [0.717, 1.165) is 104 Å². The summed E-state index contributed by atoms with van der Waals surface area (Å²) in [7, 11) is 0. The Bertz CT molecular complexity index is 444. The Morgan fingerprint density at radius 3 is 2.64 bits per heavy atom. The maximum atomic E-state index is 12.0. The van der Waals surface area contributed by atoms with Crippen LogP contribution in [0.2, 0.25) is 0 Å². The van der Waals surface area contributed by atoms with Crippen molar-refractivity contribution in [3.8, 4) is 0 Å². The molecule has 8 heteroatoms. The van der Waals surface area contributed by atoms with Crippen molar-refractivity contribution >= 4 is 35.8 Å². The van der Waals surface area contributed by atoms with Gasteiger partial charge in [0.2, 0.25) is 5.91 Å². The SMILES string of the molecule is CCNC(=NCCCN1CCCCCC1=O)NCCCCN1CCOCC1.I. The summed E-state index contributed by atoms with van der Waals surface area (Å²) in [6, 6.07) is 0. The van der Waals surface area contributed by atoms with E-state index in [-0.39, 0.29) is 24.0 Å². The summed E-state index contributed by atoms with van der Waals surface area (Å²) in [5.74, 6) is 1.22. The van der Waals surface area contributed by atoms with Crippen molar-refractivity contribution in [2.45, 2.75) is 51.9 Å². The molecule has 0 aromatic heterocycles.